The molecule has 0 saturated carbocycles. The van der Waals surface area contributed by atoms with Gasteiger partial charge in [-0.3, -0.25) is 0 Å². The summed E-state index contributed by atoms with van der Waals surface area (Å²) in [6, 6.07) is 3.02. The number of hydrogen-bond donors (Lipinski definition) is 1. The van der Waals surface area contributed by atoms with E-state index in [-0.39, 0.29) is 11.0 Å². The first-order chi connectivity index (χ1) is 5.63. The van der Waals surface area contributed by atoms with E-state index in [0.717, 1.165) is 0 Å². The largest absolute Gasteiger partial charge is 0.386 e. The van der Waals surface area contributed by atoms with Gasteiger partial charge >= 0.3 is 0 Å². The Bertz CT molecular complexity index is 259. The molecule has 2 nitrogen and oxygen atoms in total. The summed E-state index contributed by atoms with van der Waals surface area (Å²) in [7, 11) is 0. The Morgan fingerprint density at radius 1 is 1.42 bits per heavy atom. The van der Waals surface area contributed by atoms with E-state index in [1.807, 2.05) is 0 Å². The predicted molar refractivity (Wildman–Crippen MR) is 49.9 cm³/mol. The molecule has 1 rings (SSSR count). The third kappa shape index (κ3) is 2.49. The molecule has 0 aliphatic rings. The van der Waals surface area contributed by atoms with Crippen LogP contribution in [0.1, 0.15) is 11.8 Å². The fourth-order valence-corrected chi connectivity index (χ4v) is 1.38. The van der Waals surface area contributed by atoms with Crippen LogP contribution in [-0.2, 0) is 0 Å². The number of alkyl halides is 1. The minimum Gasteiger partial charge on any atom is -0.386 e. The predicted octanol–water partition coefficient (Wildman–Crippen LogP) is 2.66. The molecule has 1 aromatic rings. The second-order valence-corrected chi connectivity index (χ2v) is 3.34. The first-order valence-corrected chi connectivity index (χ1v) is 4.49. The lowest BCUT2D eigenvalue weighted by atomic mass is 10.2. The monoisotopic (exact) mass is 225 g/mol. The molecule has 0 fully saturated rings. The average Bonchev–Trinajstić information content (AvgIpc) is 2.01. The van der Waals surface area contributed by atoms with Crippen LogP contribution in [0, 0.1) is 0 Å². The maximum atomic E-state index is 9.27. The van der Waals surface area contributed by atoms with Crippen molar-refractivity contribution in [3.63, 3.8) is 0 Å². The van der Waals surface area contributed by atoms with Crippen LogP contribution in [-0.4, -0.2) is 16.0 Å². The van der Waals surface area contributed by atoms with Crippen LogP contribution in [0.4, 0.5) is 0 Å². The van der Waals surface area contributed by atoms with Gasteiger partial charge in [0.25, 0.3) is 0 Å². The topological polar surface area (TPSA) is 33.1 Å². The SMILES string of the molecule is OC(CCl)c1cc(Cl)cc(Cl)n1. The normalized spacial score (nSPS) is 13.0. The number of nitrogens with zero attached hydrogens (tertiary/aromatic N) is 1. The van der Waals surface area contributed by atoms with Crippen molar-refractivity contribution in [2.24, 2.45) is 0 Å². The lowest BCUT2D eigenvalue weighted by Gasteiger charge is -2.06. The van der Waals surface area contributed by atoms with Crippen LogP contribution in [0.25, 0.3) is 0 Å². The fraction of sp³-hybridized carbons (Fsp3) is 0.286. The summed E-state index contributed by atoms with van der Waals surface area (Å²) in [5, 5.41) is 9.96. The van der Waals surface area contributed by atoms with Crippen LogP contribution < -0.4 is 0 Å². The van der Waals surface area contributed by atoms with Gasteiger partial charge in [-0.2, -0.15) is 0 Å². The third-order valence-electron chi connectivity index (χ3n) is 1.27. The third-order valence-corrected chi connectivity index (χ3v) is 1.97. The van der Waals surface area contributed by atoms with Crippen molar-refractivity contribution in [3.05, 3.63) is 28.0 Å². The Morgan fingerprint density at radius 3 is 2.58 bits per heavy atom. The highest BCUT2D eigenvalue weighted by molar-refractivity contribution is 6.33. The molecule has 0 spiro atoms. The summed E-state index contributed by atoms with van der Waals surface area (Å²) in [4.78, 5) is 3.85. The molecule has 1 N–H and O–H groups in total. The molecule has 66 valence electrons. The number of pyridine rings is 1. The smallest absolute Gasteiger partial charge is 0.130 e. The molecule has 0 aromatic carbocycles. The van der Waals surface area contributed by atoms with Crippen LogP contribution >= 0.6 is 34.8 Å². The lowest BCUT2D eigenvalue weighted by Crippen LogP contribution is -2.01. The van der Waals surface area contributed by atoms with Gasteiger partial charge in [0.05, 0.1) is 11.6 Å². The number of halogens is 3. The average molecular weight is 226 g/mol. The van der Waals surface area contributed by atoms with Gasteiger partial charge in [-0.05, 0) is 12.1 Å². The summed E-state index contributed by atoms with van der Waals surface area (Å²) < 4.78 is 0. The van der Waals surface area contributed by atoms with Crippen molar-refractivity contribution >= 4 is 34.8 Å². The number of aliphatic hydroxyl groups is 1. The summed E-state index contributed by atoms with van der Waals surface area (Å²) in [5.74, 6) is 0.0731. The molecule has 12 heavy (non-hydrogen) atoms. The van der Waals surface area contributed by atoms with E-state index in [0.29, 0.717) is 10.7 Å². The Labute approximate surface area is 85.1 Å². The summed E-state index contributed by atoms with van der Waals surface area (Å²) in [5.41, 5.74) is 0.391. The van der Waals surface area contributed by atoms with E-state index in [2.05, 4.69) is 4.98 Å². The first-order valence-electron chi connectivity index (χ1n) is 3.20. The van der Waals surface area contributed by atoms with E-state index < -0.39 is 6.10 Å². The molecule has 1 atom stereocenters. The zero-order chi connectivity index (χ0) is 9.14. The van der Waals surface area contributed by atoms with Gasteiger partial charge in [0.1, 0.15) is 11.3 Å². The number of rotatable bonds is 2. The Hall–Kier alpha value is -0.0200. The quantitative estimate of drug-likeness (QED) is 0.621. The summed E-state index contributed by atoms with van der Waals surface area (Å²) >= 11 is 16.7. The van der Waals surface area contributed by atoms with Gasteiger partial charge in [0.15, 0.2) is 0 Å². The van der Waals surface area contributed by atoms with Crippen molar-refractivity contribution in [3.8, 4) is 0 Å². The molecule has 0 aliphatic heterocycles. The van der Waals surface area contributed by atoms with Gasteiger partial charge in [-0.25, -0.2) is 4.98 Å². The van der Waals surface area contributed by atoms with Crippen LogP contribution in [0.15, 0.2) is 12.1 Å². The number of hydrogen-bond acceptors (Lipinski definition) is 2. The van der Waals surface area contributed by atoms with Gasteiger partial charge in [-0.15, -0.1) is 11.6 Å². The fourth-order valence-electron chi connectivity index (χ4n) is 0.734. The van der Waals surface area contributed by atoms with E-state index >= 15 is 0 Å². The van der Waals surface area contributed by atoms with Gasteiger partial charge in [-0.1, -0.05) is 23.2 Å². The standard InChI is InChI=1S/C7H6Cl3NO/c8-3-6(12)5-1-4(9)2-7(10)11-5/h1-2,6,12H,3H2. The lowest BCUT2D eigenvalue weighted by molar-refractivity contribution is 0.198. The molecule has 0 radical (unpaired) electrons. The summed E-state index contributed by atoms with van der Waals surface area (Å²) in [6.45, 7) is 0. The van der Waals surface area contributed by atoms with Crippen molar-refractivity contribution in [2.75, 3.05) is 5.88 Å². The van der Waals surface area contributed by atoms with Crippen LogP contribution in [0.5, 0.6) is 0 Å². The van der Waals surface area contributed by atoms with E-state index in [1.54, 1.807) is 0 Å². The highest BCUT2D eigenvalue weighted by atomic mass is 35.5. The van der Waals surface area contributed by atoms with E-state index in [4.69, 9.17) is 34.8 Å². The number of aromatic nitrogens is 1. The van der Waals surface area contributed by atoms with Crippen LogP contribution in [0.3, 0.4) is 0 Å². The van der Waals surface area contributed by atoms with Gasteiger partial charge in [0.2, 0.25) is 0 Å². The maximum absolute atomic E-state index is 9.27. The van der Waals surface area contributed by atoms with Crippen molar-refractivity contribution < 1.29 is 5.11 Å². The molecule has 1 heterocycles. The Kier molecular flexibility index (Phi) is 3.59. The second kappa shape index (κ2) is 4.28. The van der Waals surface area contributed by atoms with Gasteiger partial charge < -0.3 is 5.11 Å². The van der Waals surface area contributed by atoms with Crippen molar-refractivity contribution in [1.82, 2.24) is 4.98 Å². The Morgan fingerprint density at radius 2 is 2.08 bits per heavy atom. The second-order valence-electron chi connectivity index (χ2n) is 2.20. The molecule has 0 aliphatic carbocycles. The molecule has 5 heteroatoms. The minimum atomic E-state index is -0.817. The zero-order valence-electron chi connectivity index (χ0n) is 5.97. The molecule has 0 amide bonds. The van der Waals surface area contributed by atoms with E-state index in [1.165, 1.54) is 12.1 Å². The molecule has 0 saturated heterocycles. The molecule has 1 unspecified atom stereocenters. The summed E-state index contributed by atoms with van der Waals surface area (Å²) in [6.07, 6.45) is -0.817. The highest BCUT2D eigenvalue weighted by Gasteiger charge is 2.08. The molecular formula is C7H6Cl3NO. The molecular weight excluding hydrogens is 220 g/mol. The first kappa shape index (κ1) is 10.1. The maximum Gasteiger partial charge on any atom is 0.130 e. The van der Waals surface area contributed by atoms with Crippen LogP contribution in [0.2, 0.25) is 10.2 Å². The minimum absolute atomic E-state index is 0.0731. The van der Waals surface area contributed by atoms with Crippen molar-refractivity contribution in [1.29, 1.82) is 0 Å². The van der Waals surface area contributed by atoms with Gasteiger partial charge in [0, 0.05) is 5.02 Å². The highest BCUT2D eigenvalue weighted by Crippen LogP contribution is 2.20. The molecule has 0 bridgehead atoms. The van der Waals surface area contributed by atoms with Crippen molar-refractivity contribution in [2.45, 2.75) is 6.10 Å². The number of aliphatic hydroxyl groups excluding tert-OH is 1. The Balaban J connectivity index is 3.00. The van der Waals surface area contributed by atoms with E-state index in [9.17, 15) is 5.11 Å². The molecule has 1 aromatic heterocycles. The zero-order valence-corrected chi connectivity index (χ0v) is 8.24.